The molecule has 0 bridgehead atoms. The maximum Gasteiger partial charge on any atom is 0.255 e. The molecule has 0 spiro atoms. The molecule has 0 aliphatic heterocycles. The lowest BCUT2D eigenvalue weighted by molar-refractivity contribution is 0.102. The Hall–Kier alpha value is -3.14. The van der Waals surface area contributed by atoms with Gasteiger partial charge in [-0.3, -0.25) is 9.78 Å². The normalized spacial score (nSPS) is 10.0. The van der Waals surface area contributed by atoms with Crippen molar-refractivity contribution in [3.8, 4) is 11.5 Å². The predicted molar refractivity (Wildman–Crippen MR) is 85.1 cm³/mol. The Morgan fingerprint density at radius 3 is 2.41 bits per heavy atom. The first-order valence-electron chi connectivity index (χ1n) is 6.85. The van der Waals surface area contributed by atoms with Gasteiger partial charge in [-0.25, -0.2) is 0 Å². The molecule has 1 amide bonds. The van der Waals surface area contributed by atoms with Crippen molar-refractivity contribution in [2.24, 2.45) is 0 Å². The highest BCUT2D eigenvalue weighted by Crippen LogP contribution is 2.23. The highest BCUT2D eigenvalue weighted by molar-refractivity contribution is 6.04. The van der Waals surface area contributed by atoms with E-state index in [0.29, 0.717) is 22.7 Å². The second-order valence-electron chi connectivity index (χ2n) is 4.63. The Labute approximate surface area is 128 Å². The van der Waals surface area contributed by atoms with Gasteiger partial charge < -0.3 is 10.1 Å². The number of amides is 1. The molecule has 0 fully saturated rings. The van der Waals surface area contributed by atoms with Gasteiger partial charge >= 0.3 is 0 Å². The van der Waals surface area contributed by atoms with E-state index >= 15 is 0 Å². The van der Waals surface area contributed by atoms with E-state index in [4.69, 9.17) is 4.74 Å². The minimum absolute atomic E-state index is 0.151. The number of hydrogen-bond donors (Lipinski definition) is 1. The fraction of sp³-hybridized carbons (Fsp3) is 0. The quantitative estimate of drug-likeness (QED) is 0.786. The number of nitrogens with one attached hydrogen (secondary N) is 1. The van der Waals surface area contributed by atoms with Crippen molar-refractivity contribution >= 4 is 11.6 Å². The van der Waals surface area contributed by atoms with Gasteiger partial charge in [0.1, 0.15) is 11.5 Å². The highest BCUT2D eigenvalue weighted by atomic mass is 16.5. The summed E-state index contributed by atoms with van der Waals surface area (Å²) in [6, 6.07) is 19.9. The van der Waals surface area contributed by atoms with Gasteiger partial charge in [0.15, 0.2) is 0 Å². The standard InChI is InChI=1S/C18H14N2O2/c21-18(14-5-2-1-3-6-14)20-15-7-4-8-17(13-15)22-16-9-11-19-12-10-16/h1-13H,(H,20,21). The fourth-order valence-electron chi connectivity index (χ4n) is 1.97. The molecule has 0 saturated heterocycles. The first-order chi connectivity index (χ1) is 10.8. The van der Waals surface area contributed by atoms with Crippen LogP contribution in [0.1, 0.15) is 10.4 Å². The van der Waals surface area contributed by atoms with Crippen LogP contribution in [-0.4, -0.2) is 10.9 Å². The summed E-state index contributed by atoms with van der Waals surface area (Å²) < 4.78 is 5.71. The molecule has 1 N–H and O–H groups in total. The van der Waals surface area contributed by atoms with Crippen molar-refractivity contribution in [3.63, 3.8) is 0 Å². The number of nitrogens with zero attached hydrogens (tertiary/aromatic N) is 1. The van der Waals surface area contributed by atoms with Crippen molar-refractivity contribution in [1.82, 2.24) is 4.98 Å². The third-order valence-corrected chi connectivity index (χ3v) is 3.01. The van der Waals surface area contributed by atoms with Crippen molar-refractivity contribution in [1.29, 1.82) is 0 Å². The molecule has 3 aromatic rings. The SMILES string of the molecule is O=C(Nc1cccc(Oc2ccncc2)c1)c1ccccc1. The second-order valence-corrected chi connectivity index (χ2v) is 4.63. The summed E-state index contributed by atoms with van der Waals surface area (Å²) in [6.45, 7) is 0. The van der Waals surface area contributed by atoms with Crippen molar-refractivity contribution in [2.75, 3.05) is 5.32 Å². The molecule has 0 unspecified atom stereocenters. The maximum absolute atomic E-state index is 12.1. The van der Waals surface area contributed by atoms with Crippen LogP contribution in [0.15, 0.2) is 79.1 Å². The number of rotatable bonds is 4. The second kappa shape index (κ2) is 6.54. The Morgan fingerprint density at radius 2 is 1.64 bits per heavy atom. The molecule has 4 heteroatoms. The topological polar surface area (TPSA) is 51.2 Å². The lowest BCUT2D eigenvalue weighted by Crippen LogP contribution is -2.11. The number of hydrogen-bond acceptors (Lipinski definition) is 3. The molecule has 0 aliphatic rings. The molecule has 0 radical (unpaired) electrons. The van der Waals surface area contributed by atoms with Crippen LogP contribution in [0.5, 0.6) is 11.5 Å². The van der Waals surface area contributed by atoms with E-state index in [1.165, 1.54) is 0 Å². The zero-order chi connectivity index (χ0) is 15.2. The molecule has 1 aromatic heterocycles. The Morgan fingerprint density at radius 1 is 0.864 bits per heavy atom. The van der Waals surface area contributed by atoms with Gasteiger partial charge in [0.2, 0.25) is 0 Å². The van der Waals surface area contributed by atoms with E-state index in [-0.39, 0.29) is 5.91 Å². The summed E-state index contributed by atoms with van der Waals surface area (Å²) >= 11 is 0. The van der Waals surface area contributed by atoms with Crippen LogP contribution in [0.3, 0.4) is 0 Å². The Kier molecular flexibility index (Phi) is 4.11. The molecule has 3 rings (SSSR count). The molecule has 4 nitrogen and oxygen atoms in total. The summed E-state index contributed by atoms with van der Waals surface area (Å²) in [4.78, 5) is 16.1. The summed E-state index contributed by atoms with van der Waals surface area (Å²) in [5, 5.41) is 2.85. The number of anilines is 1. The zero-order valence-corrected chi connectivity index (χ0v) is 11.8. The largest absolute Gasteiger partial charge is 0.457 e. The summed E-state index contributed by atoms with van der Waals surface area (Å²) in [7, 11) is 0. The highest BCUT2D eigenvalue weighted by Gasteiger charge is 2.06. The van der Waals surface area contributed by atoms with Crippen molar-refractivity contribution < 1.29 is 9.53 Å². The summed E-state index contributed by atoms with van der Waals surface area (Å²) in [6.07, 6.45) is 3.33. The molecule has 1 heterocycles. The van der Waals surface area contributed by atoms with Crippen LogP contribution in [0.2, 0.25) is 0 Å². The molecule has 0 saturated carbocycles. The third-order valence-electron chi connectivity index (χ3n) is 3.01. The van der Waals surface area contributed by atoms with Gasteiger partial charge in [0.25, 0.3) is 5.91 Å². The minimum Gasteiger partial charge on any atom is -0.457 e. The fourth-order valence-corrected chi connectivity index (χ4v) is 1.97. The van der Waals surface area contributed by atoms with E-state index in [9.17, 15) is 4.79 Å². The molecule has 0 aliphatic carbocycles. The smallest absolute Gasteiger partial charge is 0.255 e. The molecular weight excluding hydrogens is 276 g/mol. The predicted octanol–water partition coefficient (Wildman–Crippen LogP) is 4.13. The van der Waals surface area contributed by atoms with Gasteiger partial charge in [-0.05, 0) is 36.4 Å². The monoisotopic (exact) mass is 290 g/mol. The van der Waals surface area contributed by atoms with E-state index in [1.54, 1.807) is 42.7 Å². The Balaban J connectivity index is 1.73. The molecule has 22 heavy (non-hydrogen) atoms. The number of ether oxygens (including phenoxy) is 1. The van der Waals surface area contributed by atoms with E-state index in [1.807, 2.05) is 36.4 Å². The first-order valence-corrected chi connectivity index (χ1v) is 6.85. The third kappa shape index (κ3) is 3.49. The maximum atomic E-state index is 12.1. The Bertz CT molecular complexity index is 758. The summed E-state index contributed by atoms with van der Waals surface area (Å²) in [5.74, 6) is 1.19. The number of pyridine rings is 1. The van der Waals surface area contributed by atoms with Crippen LogP contribution in [0.4, 0.5) is 5.69 Å². The number of aromatic nitrogens is 1. The van der Waals surface area contributed by atoms with Crippen LogP contribution in [0.25, 0.3) is 0 Å². The van der Waals surface area contributed by atoms with E-state index < -0.39 is 0 Å². The van der Waals surface area contributed by atoms with Crippen LogP contribution in [-0.2, 0) is 0 Å². The summed E-state index contributed by atoms with van der Waals surface area (Å²) in [5.41, 5.74) is 1.29. The number of carbonyl (C=O) groups is 1. The van der Waals surface area contributed by atoms with Gasteiger partial charge in [-0.2, -0.15) is 0 Å². The van der Waals surface area contributed by atoms with E-state index in [0.717, 1.165) is 0 Å². The first kappa shape index (κ1) is 13.8. The average Bonchev–Trinajstić information content (AvgIpc) is 2.57. The van der Waals surface area contributed by atoms with Crippen LogP contribution in [0, 0.1) is 0 Å². The van der Waals surface area contributed by atoms with Crippen molar-refractivity contribution in [2.45, 2.75) is 0 Å². The van der Waals surface area contributed by atoms with Gasteiger partial charge in [-0.1, -0.05) is 24.3 Å². The number of carbonyl (C=O) groups excluding carboxylic acids is 1. The van der Waals surface area contributed by atoms with Gasteiger partial charge in [0.05, 0.1) is 0 Å². The van der Waals surface area contributed by atoms with Gasteiger partial charge in [0, 0.05) is 29.7 Å². The minimum atomic E-state index is -0.151. The molecule has 0 atom stereocenters. The number of benzene rings is 2. The van der Waals surface area contributed by atoms with Crippen LogP contribution >= 0.6 is 0 Å². The molecule has 108 valence electrons. The molecular formula is C18H14N2O2. The van der Waals surface area contributed by atoms with Gasteiger partial charge in [-0.15, -0.1) is 0 Å². The zero-order valence-electron chi connectivity index (χ0n) is 11.8. The van der Waals surface area contributed by atoms with Crippen LogP contribution < -0.4 is 10.1 Å². The molecule has 2 aromatic carbocycles. The lowest BCUT2D eigenvalue weighted by atomic mass is 10.2. The lowest BCUT2D eigenvalue weighted by Gasteiger charge is -2.09. The van der Waals surface area contributed by atoms with Crippen molar-refractivity contribution in [3.05, 3.63) is 84.7 Å². The average molecular weight is 290 g/mol. The van der Waals surface area contributed by atoms with E-state index in [2.05, 4.69) is 10.3 Å².